The average molecular weight is 693 g/mol. The van der Waals surface area contributed by atoms with E-state index in [0.717, 1.165) is 28.1 Å². The molecule has 4 aromatic rings. The molecular formula is C34H36N4O6S3. The molecule has 2 heterocycles. The summed E-state index contributed by atoms with van der Waals surface area (Å²) in [5.41, 5.74) is 4.37. The number of sulfone groups is 1. The van der Waals surface area contributed by atoms with Crippen LogP contribution < -0.4 is 14.4 Å². The Balaban J connectivity index is 1.15. The number of anilines is 1. The third kappa shape index (κ3) is 9.06. The van der Waals surface area contributed by atoms with Crippen LogP contribution in [0.25, 0.3) is 11.3 Å². The molecule has 0 aliphatic carbocycles. The highest BCUT2D eigenvalue weighted by atomic mass is 32.2. The SMILES string of the molecule is CC(C)[C@H](C=O)NS(=O)(=O)N1CCN(c2ccc(C#Cc3nc(-c4cccc(OCc5ccc(S(C)(=O)=O)cc5)c4)cs3)cc2)CC1. The molecule has 3 aromatic carbocycles. The van der Waals surface area contributed by atoms with Gasteiger partial charge in [-0.2, -0.15) is 17.4 Å². The van der Waals surface area contributed by atoms with E-state index >= 15 is 0 Å². The summed E-state index contributed by atoms with van der Waals surface area (Å²) < 4.78 is 58.7. The van der Waals surface area contributed by atoms with E-state index in [2.05, 4.69) is 26.4 Å². The fraction of sp³-hybridized carbons (Fsp3) is 0.294. The zero-order valence-corrected chi connectivity index (χ0v) is 28.7. The van der Waals surface area contributed by atoms with Crippen molar-refractivity contribution in [2.75, 3.05) is 37.3 Å². The quantitative estimate of drug-likeness (QED) is 0.182. The average Bonchev–Trinajstić information content (AvgIpc) is 3.55. The van der Waals surface area contributed by atoms with Crippen molar-refractivity contribution in [1.29, 1.82) is 0 Å². The van der Waals surface area contributed by atoms with Crippen LogP contribution in [0.15, 0.2) is 83.1 Å². The molecule has 5 rings (SSSR count). The lowest BCUT2D eigenvalue weighted by Gasteiger charge is -2.36. The number of piperazine rings is 1. The third-order valence-corrected chi connectivity index (χ3v) is 11.2. The van der Waals surface area contributed by atoms with Gasteiger partial charge in [-0.3, -0.25) is 0 Å². The summed E-state index contributed by atoms with van der Waals surface area (Å²) in [7, 11) is -6.98. The first-order valence-electron chi connectivity index (χ1n) is 15.0. The molecule has 0 radical (unpaired) electrons. The van der Waals surface area contributed by atoms with E-state index in [0.29, 0.717) is 49.8 Å². The Morgan fingerprint density at radius 3 is 2.30 bits per heavy atom. The molecule has 1 aliphatic rings. The Hall–Kier alpha value is -4.06. The zero-order chi connectivity index (χ0) is 33.6. The molecule has 0 unspecified atom stereocenters. The van der Waals surface area contributed by atoms with Gasteiger partial charge in [-0.1, -0.05) is 44.0 Å². The lowest BCUT2D eigenvalue weighted by Crippen LogP contribution is -2.54. The van der Waals surface area contributed by atoms with Crippen LogP contribution in [0.1, 0.15) is 30.0 Å². The highest BCUT2D eigenvalue weighted by Gasteiger charge is 2.30. The zero-order valence-electron chi connectivity index (χ0n) is 26.3. The van der Waals surface area contributed by atoms with Crippen LogP contribution in [-0.2, 0) is 31.4 Å². The number of carbonyl (C=O) groups excluding carboxylic acids is 1. The van der Waals surface area contributed by atoms with Crippen molar-refractivity contribution in [3.63, 3.8) is 0 Å². The summed E-state index contributed by atoms with van der Waals surface area (Å²) in [5, 5.41) is 2.63. The molecule has 1 atom stereocenters. The molecule has 1 saturated heterocycles. The molecule has 246 valence electrons. The number of rotatable bonds is 11. The van der Waals surface area contributed by atoms with Crippen LogP contribution in [0.2, 0.25) is 0 Å². The van der Waals surface area contributed by atoms with Crippen molar-refractivity contribution in [2.24, 2.45) is 5.92 Å². The van der Waals surface area contributed by atoms with Crippen molar-refractivity contribution in [3.05, 3.63) is 94.3 Å². The standard InChI is InChI=1S/C34H36N4O6S3/c1-25(2)32(22-39)36-47(42,43)38-19-17-37(18-20-38)29-12-7-26(8-13-29)11-16-34-35-33(24-45-34)28-5-4-6-30(21-28)44-23-27-9-14-31(15-10-27)46(3,40)41/h4-10,12-15,21-22,24-25,32,36H,17-20,23H2,1-3H3/t32-/m0/s1. The van der Waals surface area contributed by atoms with Gasteiger partial charge in [0.05, 0.1) is 16.6 Å². The first-order valence-corrected chi connectivity index (χ1v) is 19.2. The van der Waals surface area contributed by atoms with Gasteiger partial charge in [-0.15, -0.1) is 11.3 Å². The second-order valence-electron chi connectivity index (χ2n) is 11.5. The number of thiazole rings is 1. The molecule has 10 nitrogen and oxygen atoms in total. The first kappa shape index (κ1) is 34.3. The van der Waals surface area contributed by atoms with Gasteiger partial charge in [-0.05, 0) is 65.9 Å². The van der Waals surface area contributed by atoms with Gasteiger partial charge in [0.2, 0.25) is 0 Å². The van der Waals surface area contributed by atoms with Crippen molar-refractivity contribution in [1.82, 2.24) is 14.0 Å². The maximum Gasteiger partial charge on any atom is 0.280 e. The number of aromatic nitrogens is 1. The minimum atomic E-state index is -3.74. The second-order valence-corrected chi connectivity index (χ2v) is 16.1. The van der Waals surface area contributed by atoms with Crippen LogP contribution in [0.5, 0.6) is 5.75 Å². The van der Waals surface area contributed by atoms with Gasteiger partial charge in [0.1, 0.15) is 18.6 Å². The molecule has 13 heteroatoms. The summed E-state index contributed by atoms with van der Waals surface area (Å²) in [4.78, 5) is 18.4. The maximum atomic E-state index is 12.7. The highest BCUT2D eigenvalue weighted by molar-refractivity contribution is 7.90. The molecule has 1 fully saturated rings. The van der Waals surface area contributed by atoms with E-state index in [4.69, 9.17) is 4.74 Å². The van der Waals surface area contributed by atoms with Crippen LogP contribution in [0, 0.1) is 17.8 Å². The molecule has 0 bridgehead atoms. The topological polar surface area (TPSA) is 126 Å². The molecule has 1 aliphatic heterocycles. The van der Waals surface area contributed by atoms with Gasteiger partial charge in [0.15, 0.2) is 14.8 Å². The molecule has 0 spiro atoms. The summed E-state index contributed by atoms with van der Waals surface area (Å²) in [6.07, 6.45) is 1.82. The number of hydrogen-bond donors (Lipinski definition) is 1. The number of ether oxygens (including phenoxy) is 1. The Kier molecular flexibility index (Phi) is 10.8. The number of hydrogen-bond acceptors (Lipinski definition) is 9. The van der Waals surface area contributed by atoms with Crippen LogP contribution >= 0.6 is 11.3 Å². The number of aldehydes is 1. The summed E-state index contributed by atoms with van der Waals surface area (Å²) >= 11 is 1.46. The Bertz CT molecular complexity index is 1970. The number of nitrogens with one attached hydrogen (secondary N) is 1. The predicted molar refractivity (Wildman–Crippen MR) is 184 cm³/mol. The molecule has 0 saturated carbocycles. The minimum absolute atomic E-state index is 0.130. The number of benzene rings is 3. The van der Waals surface area contributed by atoms with E-state index in [-0.39, 0.29) is 10.8 Å². The third-order valence-electron chi connectivity index (χ3n) is 7.67. The molecule has 1 N–H and O–H groups in total. The maximum absolute atomic E-state index is 12.7. The minimum Gasteiger partial charge on any atom is -0.489 e. The van der Waals surface area contributed by atoms with Crippen molar-refractivity contribution < 1.29 is 26.4 Å². The van der Waals surface area contributed by atoms with Crippen LogP contribution in [-0.4, -0.2) is 70.9 Å². The van der Waals surface area contributed by atoms with Crippen molar-refractivity contribution >= 4 is 43.4 Å². The van der Waals surface area contributed by atoms with E-state index in [9.17, 15) is 21.6 Å². The van der Waals surface area contributed by atoms with Crippen molar-refractivity contribution in [3.8, 4) is 28.8 Å². The predicted octanol–water partition coefficient (Wildman–Crippen LogP) is 4.37. The summed E-state index contributed by atoms with van der Waals surface area (Å²) in [6.45, 7) is 5.62. The van der Waals surface area contributed by atoms with Crippen LogP contribution in [0.4, 0.5) is 5.69 Å². The lowest BCUT2D eigenvalue weighted by molar-refractivity contribution is -0.110. The lowest BCUT2D eigenvalue weighted by atomic mass is 10.1. The monoisotopic (exact) mass is 692 g/mol. The van der Waals surface area contributed by atoms with Gasteiger partial charge < -0.3 is 14.4 Å². The summed E-state index contributed by atoms with van der Waals surface area (Å²) in [6, 6.07) is 21.4. The Morgan fingerprint density at radius 1 is 0.957 bits per heavy atom. The van der Waals surface area contributed by atoms with Gasteiger partial charge >= 0.3 is 0 Å². The van der Waals surface area contributed by atoms with Gasteiger partial charge in [0, 0.05) is 54.6 Å². The molecular weight excluding hydrogens is 657 g/mol. The summed E-state index contributed by atoms with van der Waals surface area (Å²) in [5.74, 6) is 6.86. The number of nitrogens with zero attached hydrogens (tertiary/aromatic N) is 3. The Morgan fingerprint density at radius 2 is 1.66 bits per heavy atom. The van der Waals surface area contributed by atoms with Gasteiger partial charge in [-0.25, -0.2) is 13.4 Å². The van der Waals surface area contributed by atoms with Crippen molar-refractivity contribution in [2.45, 2.75) is 31.4 Å². The fourth-order valence-corrected chi connectivity index (χ4v) is 7.61. The van der Waals surface area contributed by atoms with Gasteiger partial charge in [0.25, 0.3) is 10.2 Å². The normalized spacial score (nSPS) is 14.8. The number of carbonyl (C=O) groups is 1. The van der Waals surface area contributed by atoms with E-state index in [1.807, 2.05) is 53.9 Å². The smallest absolute Gasteiger partial charge is 0.280 e. The highest BCUT2D eigenvalue weighted by Crippen LogP contribution is 2.26. The first-order chi connectivity index (χ1) is 22.4. The van der Waals surface area contributed by atoms with E-state index in [1.165, 1.54) is 21.9 Å². The largest absolute Gasteiger partial charge is 0.489 e. The molecule has 1 aromatic heterocycles. The van der Waals surface area contributed by atoms with E-state index < -0.39 is 26.1 Å². The molecule has 47 heavy (non-hydrogen) atoms. The molecule has 0 amide bonds. The van der Waals surface area contributed by atoms with Crippen LogP contribution in [0.3, 0.4) is 0 Å². The van der Waals surface area contributed by atoms with E-state index in [1.54, 1.807) is 38.1 Å². The fourth-order valence-electron chi connectivity index (χ4n) is 4.84. The second kappa shape index (κ2) is 14.8. The Labute approximate surface area is 280 Å².